The lowest BCUT2D eigenvalue weighted by molar-refractivity contribution is -0.130. The summed E-state index contributed by atoms with van der Waals surface area (Å²) in [5, 5.41) is 5.97. The van der Waals surface area contributed by atoms with Gasteiger partial charge >= 0.3 is 0 Å². The minimum atomic E-state index is -0.582. The average Bonchev–Trinajstić information content (AvgIpc) is 2.24. The molecular weight excluding hydrogens is 218 g/mol. The van der Waals surface area contributed by atoms with Crippen LogP contribution in [0.2, 0.25) is 0 Å². The standard InChI is InChI=1S/C12H23N3O2/c1-7(2)10(11(13)16)15-12(17)9-6-4-5-8(3)14-9/h7-10,14H,4-6H2,1-3H3,(H2,13,16)(H,15,17). The molecule has 1 rings (SSSR count). The minimum Gasteiger partial charge on any atom is -0.368 e. The maximum Gasteiger partial charge on any atom is 0.240 e. The predicted molar refractivity (Wildman–Crippen MR) is 66.2 cm³/mol. The van der Waals surface area contributed by atoms with Crippen LogP contribution >= 0.6 is 0 Å². The second kappa shape index (κ2) is 6.00. The van der Waals surface area contributed by atoms with E-state index in [1.165, 1.54) is 0 Å². The Bertz CT molecular complexity index is 291. The molecule has 5 heteroatoms. The van der Waals surface area contributed by atoms with Gasteiger partial charge in [0, 0.05) is 6.04 Å². The molecule has 1 aliphatic rings. The summed E-state index contributed by atoms with van der Waals surface area (Å²) in [6, 6.07) is -0.425. The van der Waals surface area contributed by atoms with Crippen LogP contribution < -0.4 is 16.4 Å². The molecule has 1 fully saturated rings. The van der Waals surface area contributed by atoms with Gasteiger partial charge in [0.15, 0.2) is 0 Å². The van der Waals surface area contributed by atoms with Gasteiger partial charge in [-0.15, -0.1) is 0 Å². The van der Waals surface area contributed by atoms with Crippen molar-refractivity contribution >= 4 is 11.8 Å². The highest BCUT2D eigenvalue weighted by molar-refractivity contribution is 5.89. The lowest BCUT2D eigenvalue weighted by atomic mass is 9.97. The highest BCUT2D eigenvalue weighted by atomic mass is 16.2. The smallest absolute Gasteiger partial charge is 0.240 e. The molecule has 0 spiro atoms. The number of carbonyl (C=O) groups is 2. The highest BCUT2D eigenvalue weighted by Crippen LogP contribution is 2.13. The predicted octanol–water partition coefficient (Wildman–Crippen LogP) is 0.143. The van der Waals surface area contributed by atoms with E-state index in [-0.39, 0.29) is 17.9 Å². The molecule has 0 aromatic rings. The molecule has 0 aliphatic carbocycles. The Labute approximate surface area is 103 Å². The molecular formula is C12H23N3O2. The molecule has 0 bridgehead atoms. The second-order valence-corrected chi connectivity index (χ2v) is 5.18. The summed E-state index contributed by atoms with van der Waals surface area (Å²) in [4.78, 5) is 23.2. The Kier molecular flexibility index (Phi) is 4.93. The van der Waals surface area contributed by atoms with Crippen molar-refractivity contribution < 1.29 is 9.59 Å². The number of hydrogen-bond donors (Lipinski definition) is 3. The number of nitrogens with two attached hydrogens (primary N) is 1. The van der Waals surface area contributed by atoms with Gasteiger partial charge in [0.2, 0.25) is 11.8 Å². The molecule has 1 aliphatic heterocycles. The molecule has 5 nitrogen and oxygen atoms in total. The van der Waals surface area contributed by atoms with Crippen molar-refractivity contribution in [2.24, 2.45) is 11.7 Å². The van der Waals surface area contributed by atoms with Crippen LogP contribution in [-0.2, 0) is 9.59 Å². The van der Waals surface area contributed by atoms with E-state index in [1.54, 1.807) is 0 Å². The van der Waals surface area contributed by atoms with Gasteiger partial charge in [-0.05, 0) is 32.1 Å². The van der Waals surface area contributed by atoms with Crippen LogP contribution in [0.3, 0.4) is 0 Å². The summed E-state index contributed by atoms with van der Waals surface area (Å²) in [5.74, 6) is -0.580. The summed E-state index contributed by atoms with van der Waals surface area (Å²) < 4.78 is 0. The number of piperidine rings is 1. The SMILES string of the molecule is CC1CCCC(C(=O)NC(C(N)=O)C(C)C)N1. The average molecular weight is 241 g/mol. The molecule has 4 N–H and O–H groups in total. The van der Waals surface area contributed by atoms with E-state index < -0.39 is 11.9 Å². The quantitative estimate of drug-likeness (QED) is 0.654. The first-order chi connectivity index (χ1) is 7.91. The van der Waals surface area contributed by atoms with E-state index in [2.05, 4.69) is 17.6 Å². The van der Waals surface area contributed by atoms with Gasteiger partial charge in [-0.2, -0.15) is 0 Å². The van der Waals surface area contributed by atoms with Gasteiger partial charge < -0.3 is 16.4 Å². The Balaban J connectivity index is 2.54. The van der Waals surface area contributed by atoms with Crippen molar-refractivity contribution in [2.45, 2.75) is 58.2 Å². The summed E-state index contributed by atoms with van der Waals surface area (Å²) in [5.41, 5.74) is 5.27. The van der Waals surface area contributed by atoms with Crippen molar-refractivity contribution in [1.29, 1.82) is 0 Å². The molecule has 1 heterocycles. The van der Waals surface area contributed by atoms with Crippen LogP contribution in [-0.4, -0.2) is 29.9 Å². The molecule has 0 aromatic heterocycles. The summed E-state index contributed by atoms with van der Waals surface area (Å²) in [6.45, 7) is 5.80. The fourth-order valence-corrected chi connectivity index (χ4v) is 2.17. The van der Waals surface area contributed by atoms with Crippen LogP contribution in [0.4, 0.5) is 0 Å². The number of rotatable bonds is 4. The highest BCUT2D eigenvalue weighted by Gasteiger charge is 2.28. The molecule has 17 heavy (non-hydrogen) atoms. The second-order valence-electron chi connectivity index (χ2n) is 5.18. The molecule has 3 unspecified atom stereocenters. The van der Waals surface area contributed by atoms with Crippen LogP contribution in [0.5, 0.6) is 0 Å². The van der Waals surface area contributed by atoms with Crippen molar-refractivity contribution in [2.75, 3.05) is 0 Å². The first-order valence-corrected chi connectivity index (χ1v) is 6.27. The lowest BCUT2D eigenvalue weighted by Crippen LogP contribution is -2.56. The first kappa shape index (κ1) is 14.0. The Hall–Kier alpha value is -1.10. The zero-order chi connectivity index (χ0) is 13.0. The van der Waals surface area contributed by atoms with E-state index in [9.17, 15) is 9.59 Å². The largest absolute Gasteiger partial charge is 0.368 e. The van der Waals surface area contributed by atoms with E-state index in [0.717, 1.165) is 19.3 Å². The molecule has 3 atom stereocenters. The molecule has 0 aromatic carbocycles. The first-order valence-electron chi connectivity index (χ1n) is 6.27. The van der Waals surface area contributed by atoms with Gasteiger partial charge in [0.1, 0.15) is 6.04 Å². The Morgan fingerprint density at radius 2 is 2.00 bits per heavy atom. The third kappa shape index (κ3) is 4.00. The zero-order valence-electron chi connectivity index (χ0n) is 10.8. The van der Waals surface area contributed by atoms with Gasteiger partial charge in [-0.3, -0.25) is 9.59 Å². The van der Waals surface area contributed by atoms with Crippen LogP contribution in [0, 0.1) is 5.92 Å². The number of carbonyl (C=O) groups excluding carboxylic acids is 2. The van der Waals surface area contributed by atoms with Crippen molar-refractivity contribution in [3.63, 3.8) is 0 Å². The monoisotopic (exact) mass is 241 g/mol. The van der Waals surface area contributed by atoms with E-state index in [4.69, 9.17) is 5.73 Å². The molecule has 0 radical (unpaired) electrons. The molecule has 0 saturated carbocycles. The molecule has 98 valence electrons. The third-order valence-electron chi connectivity index (χ3n) is 3.20. The van der Waals surface area contributed by atoms with Crippen molar-refractivity contribution in [3.05, 3.63) is 0 Å². The fourth-order valence-electron chi connectivity index (χ4n) is 2.17. The van der Waals surface area contributed by atoms with Crippen molar-refractivity contribution in [3.8, 4) is 0 Å². The van der Waals surface area contributed by atoms with E-state index in [1.807, 2.05) is 13.8 Å². The number of amides is 2. The maximum atomic E-state index is 12.0. The van der Waals surface area contributed by atoms with Gasteiger partial charge in [0.05, 0.1) is 6.04 Å². The van der Waals surface area contributed by atoms with E-state index in [0.29, 0.717) is 6.04 Å². The van der Waals surface area contributed by atoms with Crippen molar-refractivity contribution in [1.82, 2.24) is 10.6 Å². The normalized spacial score (nSPS) is 26.6. The zero-order valence-corrected chi connectivity index (χ0v) is 10.8. The van der Waals surface area contributed by atoms with Gasteiger partial charge in [-0.25, -0.2) is 0 Å². The van der Waals surface area contributed by atoms with Gasteiger partial charge in [-0.1, -0.05) is 13.8 Å². The summed E-state index contributed by atoms with van der Waals surface area (Å²) in [6.07, 6.45) is 2.95. The number of nitrogens with one attached hydrogen (secondary N) is 2. The number of hydrogen-bond acceptors (Lipinski definition) is 3. The Morgan fingerprint density at radius 3 is 2.47 bits per heavy atom. The maximum absolute atomic E-state index is 12.0. The van der Waals surface area contributed by atoms with Crippen LogP contribution in [0.25, 0.3) is 0 Å². The summed E-state index contributed by atoms with van der Waals surface area (Å²) >= 11 is 0. The molecule has 1 saturated heterocycles. The van der Waals surface area contributed by atoms with Gasteiger partial charge in [0.25, 0.3) is 0 Å². The fraction of sp³-hybridized carbons (Fsp3) is 0.833. The number of primary amides is 1. The van der Waals surface area contributed by atoms with E-state index >= 15 is 0 Å². The third-order valence-corrected chi connectivity index (χ3v) is 3.20. The summed E-state index contributed by atoms with van der Waals surface area (Å²) in [7, 11) is 0. The van der Waals surface area contributed by atoms with Crippen LogP contribution in [0.1, 0.15) is 40.0 Å². The minimum absolute atomic E-state index is 0.0115. The Morgan fingerprint density at radius 1 is 1.35 bits per heavy atom. The molecule has 2 amide bonds. The topological polar surface area (TPSA) is 84.2 Å². The van der Waals surface area contributed by atoms with Crippen LogP contribution in [0.15, 0.2) is 0 Å². The lowest BCUT2D eigenvalue weighted by Gasteiger charge is -2.29.